The van der Waals surface area contributed by atoms with Crippen molar-refractivity contribution in [3.8, 4) is 0 Å². The maximum absolute atomic E-state index is 12.7. The first-order valence-corrected chi connectivity index (χ1v) is 9.06. The SMILES string of the molecule is Cc1cc(C(=O)NCCc2noc([C@@H]3CCCO3)n2)c2c(C)nn(C)c2n1. The normalized spacial score (nSPS) is 16.9. The first-order chi connectivity index (χ1) is 13.0. The molecule has 0 spiro atoms. The van der Waals surface area contributed by atoms with Crippen molar-refractivity contribution in [3.63, 3.8) is 0 Å². The van der Waals surface area contributed by atoms with Crippen molar-refractivity contribution >= 4 is 16.9 Å². The molecule has 1 N–H and O–H groups in total. The number of aryl methyl sites for hydroxylation is 3. The summed E-state index contributed by atoms with van der Waals surface area (Å²) >= 11 is 0. The number of nitrogens with one attached hydrogen (secondary N) is 1. The van der Waals surface area contributed by atoms with Gasteiger partial charge in [0.25, 0.3) is 11.8 Å². The summed E-state index contributed by atoms with van der Waals surface area (Å²) in [4.78, 5) is 21.6. The third-order valence-electron chi connectivity index (χ3n) is 4.66. The van der Waals surface area contributed by atoms with E-state index in [1.165, 1.54) is 0 Å². The molecule has 9 nitrogen and oxygen atoms in total. The Kier molecular flexibility index (Phi) is 4.61. The summed E-state index contributed by atoms with van der Waals surface area (Å²) in [5.74, 6) is 0.921. The van der Waals surface area contributed by atoms with E-state index in [0.717, 1.165) is 36.2 Å². The van der Waals surface area contributed by atoms with Gasteiger partial charge in [-0.3, -0.25) is 9.48 Å². The van der Waals surface area contributed by atoms with Gasteiger partial charge < -0.3 is 14.6 Å². The molecule has 1 atom stereocenters. The fraction of sp³-hybridized carbons (Fsp3) is 0.500. The van der Waals surface area contributed by atoms with Crippen LogP contribution in [0.15, 0.2) is 10.6 Å². The van der Waals surface area contributed by atoms with Gasteiger partial charge in [-0.05, 0) is 32.8 Å². The first kappa shape index (κ1) is 17.6. The molecule has 3 aromatic rings. The molecule has 1 aliphatic rings. The number of amides is 1. The number of nitrogens with zero attached hydrogens (tertiary/aromatic N) is 5. The Bertz CT molecular complexity index is 987. The lowest BCUT2D eigenvalue weighted by Crippen LogP contribution is -2.26. The number of hydrogen-bond acceptors (Lipinski definition) is 7. The van der Waals surface area contributed by atoms with Gasteiger partial charge in [0.2, 0.25) is 0 Å². The molecule has 27 heavy (non-hydrogen) atoms. The number of ether oxygens (including phenoxy) is 1. The highest BCUT2D eigenvalue weighted by molar-refractivity contribution is 6.06. The maximum Gasteiger partial charge on any atom is 0.255 e. The zero-order valence-electron chi connectivity index (χ0n) is 15.7. The van der Waals surface area contributed by atoms with Crippen LogP contribution in [0.2, 0.25) is 0 Å². The van der Waals surface area contributed by atoms with Crippen molar-refractivity contribution < 1.29 is 14.1 Å². The van der Waals surface area contributed by atoms with Crippen LogP contribution in [0, 0.1) is 13.8 Å². The van der Waals surface area contributed by atoms with Crippen LogP contribution >= 0.6 is 0 Å². The van der Waals surface area contributed by atoms with Gasteiger partial charge in [0, 0.05) is 32.3 Å². The predicted molar refractivity (Wildman–Crippen MR) is 96.2 cm³/mol. The summed E-state index contributed by atoms with van der Waals surface area (Å²) in [5, 5.41) is 12.0. The Balaban J connectivity index is 1.43. The Morgan fingerprint density at radius 3 is 3.00 bits per heavy atom. The fourth-order valence-corrected chi connectivity index (χ4v) is 3.40. The molecule has 1 aliphatic heterocycles. The summed E-state index contributed by atoms with van der Waals surface area (Å²) in [7, 11) is 1.82. The van der Waals surface area contributed by atoms with Crippen LogP contribution < -0.4 is 5.32 Å². The van der Waals surface area contributed by atoms with Gasteiger partial charge in [-0.1, -0.05) is 5.16 Å². The smallest absolute Gasteiger partial charge is 0.255 e. The highest BCUT2D eigenvalue weighted by Crippen LogP contribution is 2.27. The lowest BCUT2D eigenvalue weighted by Gasteiger charge is -2.07. The van der Waals surface area contributed by atoms with Gasteiger partial charge in [0.05, 0.1) is 16.6 Å². The molecule has 9 heteroatoms. The van der Waals surface area contributed by atoms with Crippen LogP contribution in [0.25, 0.3) is 11.0 Å². The molecule has 4 heterocycles. The van der Waals surface area contributed by atoms with E-state index in [1.54, 1.807) is 10.7 Å². The van der Waals surface area contributed by atoms with E-state index in [4.69, 9.17) is 9.26 Å². The van der Waals surface area contributed by atoms with Crippen LogP contribution in [0.1, 0.15) is 52.4 Å². The van der Waals surface area contributed by atoms with E-state index in [0.29, 0.717) is 35.9 Å². The fourth-order valence-electron chi connectivity index (χ4n) is 3.40. The topological polar surface area (TPSA) is 108 Å². The number of fused-ring (bicyclic) bond motifs is 1. The Labute approximate surface area is 156 Å². The molecular weight excluding hydrogens is 348 g/mol. The van der Waals surface area contributed by atoms with Gasteiger partial charge in [0.1, 0.15) is 6.10 Å². The average molecular weight is 370 g/mol. The molecular formula is C18H22N6O3. The monoisotopic (exact) mass is 370 g/mol. The van der Waals surface area contributed by atoms with Gasteiger partial charge in [-0.2, -0.15) is 10.1 Å². The molecule has 0 bridgehead atoms. The van der Waals surface area contributed by atoms with E-state index in [1.807, 2.05) is 20.9 Å². The lowest BCUT2D eigenvalue weighted by atomic mass is 10.1. The molecule has 0 saturated carbocycles. The van der Waals surface area contributed by atoms with E-state index >= 15 is 0 Å². The van der Waals surface area contributed by atoms with Gasteiger partial charge in [0.15, 0.2) is 11.5 Å². The number of carbonyl (C=O) groups is 1. The van der Waals surface area contributed by atoms with Gasteiger partial charge in [-0.25, -0.2) is 4.98 Å². The molecule has 4 rings (SSSR count). The summed E-state index contributed by atoms with van der Waals surface area (Å²) in [6.45, 7) is 4.88. The minimum Gasteiger partial charge on any atom is -0.368 e. The molecule has 1 fully saturated rings. The summed E-state index contributed by atoms with van der Waals surface area (Å²) in [6, 6.07) is 1.79. The quantitative estimate of drug-likeness (QED) is 0.729. The average Bonchev–Trinajstić information content (AvgIpc) is 3.36. The zero-order valence-corrected chi connectivity index (χ0v) is 15.7. The van der Waals surface area contributed by atoms with Crippen molar-refractivity contribution in [2.45, 2.75) is 39.2 Å². The molecule has 0 unspecified atom stereocenters. The Morgan fingerprint density at radius 1 is 1.37 bits per heavy atom. The van der Waals surface area contributed by atoms with Crippen molar-refractivity contribution in [1.82, 2.24) is 30.2 Å². The first-order valence-electron chi connectivity index (χ1n) is 9.06. The van der Waals surface area contributed by atoms with Crippen LogP contribution in [0.3, 0.4) is 0 Å². The van der Waals surface area contributed by atoms with Gasteiger partial charge >= 0.3 is 0 Å². The number of rotatable bonds is 5. The van der Waals surface area contributed by atoms with Gasteiger partial charge in [-0.15, -0.1) is 0 Å². The van der Waals surface area contributed by atoms with E-state index in [2.05, 4.69) is 25.5 Å². The second-order valence-electron chi connectivity index (χ2n) is 6.78. The minimum absolute atomic E-state index is 0.0949. The third kappa shape index (κ3) is 3.42. The largest absolute Gasteiger partial charge is 0.368 e. The van der Waals surface area contributed by atoms with Crippen LogP contribution in [-0.2, 0) is 18.2 Å². The Hall–Kier alpha value is -2.81. The number of pyridine rings is 1. The van der Waals surface area contributed by atoms with Crippen molar-refractivity contribution in [1.29, 1.82) is 0 Å². The third-order valence-corrected chi connectivity index (χ3v) is 4.66. The molecule has 142 valence electrons. The molecule has 3 aromatic heterocycles. The van der Waals surface area contributed by atoms with Crippen molar-refractivity contribution in [2.75, 3.05) is 13.2 Å². The summed E-state index contributed by atoms with van der Waals surface area (Å²) in [5.41, 5.74) is 2.84. The lowest BCUT2D eigenvalue weighted by molar-refractivity contribution is 0.0835. The van der Waals surface area contributed by atoms with Crippen molar-refractivity contribution in [3.05, 3.63) is 34.7 Å². The van der Waals surface area contributed by atoms with Crippen molar-refractivity contribution in [2.24, 2.45) is 7.05 Å². The second kappa shape index (κ2) is 7.07. The van der Waals surface area contributed by atoms with Crippen LogP contribution in [-0.4, -0.2) is 44.0 Å². The Morgan fingerprint density at radius 2 is 2.22 bits per heavy atom. The van der Waals surface area contributed by atoms with Crippen LogP contribution in [0.4, 0.5) is 0 Å². The molecule has 1 saturated heterocycles. The standard InChI is InChI=1S/C18H22N6O3/c1-10-9-12(15-11(2)22-24(3)16(15)20-10)17(25)19-7-6-14-21-18(27-23-14)13-5-4-8-26-13/h9,13H,4-8H2,1-3H3,(H,19,25)/t13-/m0/s1. The molecule has 0 radical (unpaired) electrons. The number of aromatic nitrogens is 5. The zero-order chi connectivity index (χ0) is 19.0. The molecule has 1 amide bonds. The highest BCUT2D eigenvalue weighted by atomic mass is 16.5. The molecule has 0 aliphatic carbocycles. The van der Waals surface area contributed by atoms with E-state index in [9.17, 15) is 4.79 Å². The maximum atomic E-state index is 12.7. The van der Waals surface area contributed by atoms with Crippen LogP contribution in [0.5, 0.6) is 0 Å². The second-order valence-corrected chi connectivity index (χ2v) is 6.78. The highest BCUT2D eigenvalue weighted by Gasteiger charge is 2.24. The number of hydrogen-bond donors (Lipinski definition) is 1. The van der Waals surface area contributed by atoms with E-state index in [-0.39, 0.29) is 12.0 Å². The predicted octanol–water partition coefficient (Wildman–Crippen LogP) is 1.79. The van der Waals surface area contributed by atoms with E-state index < -0.39 is 0 Å². The summed E-state index contributed by atoms with van der Waals surface area (Å²) < 4.78 is 12.5. The number of carbonyl (C=O) groups excluding carboxylic acids is 1. The molecule has 0 aromatic carbocycles. The summed E-state index contributed by atoms with van der Waals surface area (Å²) in [6.07, 6.45) is 2.30. The minimum atomic E-state index is -0.163.